The second kappa shape index (κ2) is 6.49. The van der Waals surface area contributed by atoms with Crippen LogP contribution in [-0.2, 0) is 0 Å². The first-order valence-electron chi connectivity index (χ1n) is 6.51. The van der Waals surface area contributed by atoms with Crippen LogP contribution in [0.4, 0.5) is 0 Å². The van der Waals surface area contributed by atoms with Gasteiger partial charge in [-0.15, -0.1) is 0 Å². The third kappa shape index (κ3) is 4.52. The van der Waals surface area contributed by atoms with Gasteiger partial charge in [-0.1, -0.05) is 32.6 Å². The van der Waals surface area contributed by atoms with Crippen LogP contribution in [0.5, 0.6) is 0 Å². The van der Waals surface area contributed by atoms with Gasteiger partial charge in [0.2, 0.25) is 0 Å². The fourth-order valence-corrected chi connectivity index (χ4v) is 2.53. The number of rotatable bonds is 6. The smallest absolute Gasteiger partial charge is 0.0669 e. The van der Waals surface area contributed by atoms with Crippen LogP contribution in [0, 0.1) is 5.92 Å². The molecule has 1 N–H and O–H groups in total. The number of aliphatic hydroxyl groups is 1. The van der Waals surface area contributed by atoms with E-state index in [2.05, 4.69) is 25.8 Å². The summed E-state index contributed by atoms with van der Waals surface area (Å²) in [7, 11) is 2.12. The molecule has 0 saturated heterocycles. The third-order valence-corrected chi connectivity index (χ3v) is 3.92. The van der Waals surface area contributed by atoms with Crippen LogP contribution >= 0.6 is 0 Å². The van der Waals surface area contributed by atoms with Gasteiger partial charge >= 0.3 is 0 Å². The summed E-state index contributed by atoms with van der Waals surface area (Å²) in [5.41, 5.74) is 0. The Labute approximate surface area is 94.7 Å². The number of likely N-dealkylation sites (N-methyl/N-ethyl adjacent to an activating group) is 1. The molecule has 2 unspecified atom stereocenters. The van der Waals surface area contributed by atoms with E-state index in [0.29, 0.717) is 6.04 Å². The van der Waals surface area contributed by atoms with Gasteiger partial charge in [-0.25, -0.2) is 0 Å². The van der Waals surface area contributed by atoms with E-state index in [1.54, 1.807) is 0 Å². The maximum absolute atomic E-state index is 9.98. The molecule has 0 aromatic heterocycles. The Balaban J connectivity index is 2.19. The summed E-state index contributed by atoms with van der Waals surface area (Å²) in [4.78, 5) is 2.28. The lowest BCUT2D eigenvalue weighted by molar-refractivity contribution is 0.0867. The van der Waals surface area contributed by atoms with Crippen LogP contribution in [0.3, 0.4) is 0 Å². The lowest BCUT2D eigenvalue weighted by Gasteiger charge is -2.27. The summed E-state index contributed by atoms with van der Waals surface area (Å²) < 4.78 is 0. The van der Waals surface area contributed by atoms with Crippen molar-refractivity contribution in [3.8, 4) is 0 Å². The maximum Gasteiger partial charge on any atom is 0.0669 e. The summed E-state index contributed by atoms with van der Waals surface area (Å²) in [5, 5.41) is 9.98. The number of hydrogen-bond acceptors (Lipinski definition) is 2. The Morgan fingerprint density at radius 3 is 2.47 bits per heavy atom. The van der Waals surface area contributed by atoms with Crippen LogP contribution in [0.1, 0.15) is 52.4 Å². The summed E-state index contributed by atoms with van der Waals surface area (Å²) in [6.07, 6.45) is 7.48. The second-order valence-electron chi connectivity index (χ2n) is 5.24. The van der Waals surface area contributed by atoms with Gasteiger partial charge in [0.25, 0.3) is 0 Å². The normalized spacial score (nSPS) is 22.2. The Morgan fingerprint density at radius 1 is 1.33 bits per heavy atom. The molecule has 0 radical (unpaired) electrons. The molecule has 1 aliphatic carbocycles. The highest BCUT2D eigenvalue weighted by Crippen LogP contribution is 2.28. The van der Waals surface area contributed by atoms with Crippen molar-refractivity contribution in [3.63, 3.8) is 0 Å². The van der Waals surface area contributed by atoms with Crippen molar-refractivity contribution in [2.45, 2.75) is 64.5 Å². The Hall–Kier alpha value is -0.0800. The van der Waals surface area contributed by atoms with Gasteiger partial charge < -0.3 is 10.0 Å². The minimum atomic E-state index is -0.118. The van der Waals surface area contributed by atoms with Crippen molar-refractivity contribution in [1.82, 2.24) is 4.90 Å². The molecule has 2 nitrogen and oxygen atoms in total. The van der Waals surface area contributed by atoms with E-state index in [4.69, 9.17) is 0 Å². The van der Waals surface area contributed by atoms with E-state index < -0.39 is 0 Å². The molecule has 0 heterocycles. The molecule has 1 aliphatic rings. The van der Waals surface area contributed by atoms with Crippen LogP contribution in [-0.4, -0.2) is 35.7 Å². The molecule has 0 aromatic carbocycles. The van der Waals surface area contributed by atoms with Gasteiger partial charge in [0.05, 0.1) is 6.10 Å². The molecule has 0 aromatic rings. The average Bonchev–Trinajstić information content (AvgIpc) is 2.68. The zero-order chi connectivity index (χ0) is 11.3. The van der Waals surface area contributed by atoms with E-state index >= 15 is 0 Å². The van der Waals surface area contributed by atoms with Gasteiger partial charge in [0.15, 0.2) is 0 Å². The quantitative estimate of drug-likeness (QED) is 0.733. The molecule has 90 valence electrons. The first-order valence-corrected chi connectivity index (χ1v) is 6.51. The van der Waals surface area contributed by atoms with Crippen molar-refractivity contribution in [2.24, 2.45) is 5.92 Å². The first kappa shape index (κ1) is 13.0. The highest BCUT2D eigenvalue weighted by molar-refractivity contribution is 4.74. The highest BCUT2D eigenvalue weighted by Gasteiger charge is 2.20. The Bertz CT molecular complexity index is 166. The highest BCUT2D eigenvalue weighted by atomic mass is 16.3. The monoisotopic (exact) mass is 213 g/mol. The molecule has 0 bridgehead atoms. The zero-order valence-electron chi connectivity index (χ0n) is 10.6. The Morgan fingerprint density at radius 2 is 1.93 bits per heavy atom. The van der Waals surface area contributed by atoms with Gasteiger partial charge in [0.1, 0.15) is 0 Å². The largest absolute Gasteiger partial charge is 0.392 e. The van der Waals surface area contributed by atoms with Crippen molar-refractivity contribution >= 4 is 0 Å². The summed E-state index contributed by atoms with van der Waals surface area (Å²) >= 11 is 0. The molecule has 0 aliphatic heterocycles. The fraction of sp³-hybridized carbons (Fsp3) is 1.00. The molecule has 0 amide bonds. The van der Waals surface area contributed by atoms with Crippen molar-refractivity contribution in [2.75, 3.05) is 13.6 Å². The number of nitrogens with zero attached hydrogens (tertiary/aromatic N) is 1. The molecule has 2 heteroatoms. The van der Waals surface area contributed by atoms with Crippen molar-refractivity contribution < 1.29 is 5.11 Å². The third-order valence-electron chi connectivity index (χ3n) is 3.92. The van der Waals surface area contributed by atoms with Crippen LogP contribution in [0.15, 0.2) is 0 Å². The number of aliphatic hydroxyl groups excluding tert-OH is 1. The summed E-state index contributed by atoms with van der Waals surface area (Å²) in [6, 6.07) is 0.586. The Kier molecular flexibility index (Phi) is 5.62. The van der Waals surface area contributed by atoms with E-state index in [-0.39, 0.29) is 6.10 Å². The molecule has 1 fully saturated rings. The predicted octanol–water partition coefficient (Wildman–Crippen LogP) is 2.66. The van der Waals surface area contributed by atoms with E-state index in [1.807, 2.05) is 0 Å². The molecule has 1 rings (SSSR count). The van der Waals surface area contributed by atoms with Gasteiger partial charge in [-0.3, -0.25) is 0 Å². The lowest BCUT2D eigenvalue weighted by Crippen LogP contribution is -2.36. The zero-order valence-corrected chi connectivity index (χ0v) is 10.6. The standard InChI is InChI=1S/C13H27NO/c1-4-11(2)14(3)10-13(15)9-12-7-5-6-8-12/h11-13,15H,4-10H2,1-3H3. The van der Waals surface area contributed by atoms with E-state index in [0.717, 1.165) is 25.3 Å². The molecule has 0 spiro atoms. The fourth-order valence-electron chi connectivity index (χ4n) is 2.53. The minimum Gasteiger partial charge on any atom is -0.392 e. The SMILES string of the molecule is CCC(C)N(C)CC(O)CC1CCCC1. The molecular formula is C13H27NO. The van der Waals surface area contributed by atoms with Crippen LogP contribution in [0.2, 0.25) is 0 Å². The van der Waals surface area contributed by atoms with Crippen LogP contribution in [0.25, 0.3) is 0 Å². The maximum atomic E-state index is 9.98. The second-order valence-corrected chi connectivity index (χ2v) is 5.24. The minimum absolute atomic E-state index is 0.118. The summed E-state index contributed by atoms with van der Waals surface area (Å²) in [5.74, 6) is 0.797. The average molecular weight is 213 g/mol. The predicted molar refractivity (Wildman–Crippen MR) is 65.0 cm³/mol. The van der Waals surface area contributed by atoms with Crippen LogP contribution < -0.4 is 0 Å². The molecule has 15 heavy (non-hydrogen) atoms. The van der Waals surface area contributed by atoms with E-state index in [1.165, 1.54) is 25.7 Å². The lowest BCUT2D eigenvalue weighted by atomic mass is 9.99. The van der Waals surface area contributed by atoms with Gasteiger partial charge in [0, 0.05) is 12.6 Å². The molecule has 2 atom stereocenters. The number of hydrogen-bond donors (Lipinski definition) is 1. The topological polar surface area (TPSA) is 23.5 Å². The molecular weight excluding hydrogens is 186 g/mol. The van der Waals surface area contributed by atoms with Crippen molar-refractivity contribution in [3.05, 3.63) is 0 Å². The van der Waals surface area contributed by atoms with Gasteiger partial charge in [-0.2, -0.15) is 0 Å². The first-order chi connectivity index (χ1) is 7.13. The van der Waals surface area contributed by atoms with E-state index in [9.17, 15) is 5.11 Å². The van der Waals surface area contributed by atoms with Crippen molar-refractivity contribution in [1.29, 1.82) is 0 Å². The van der Waals surface area contributed by atoms with Gasteiger partial charge in [-0.05, 0) is 32.7 Å². The molecule has 1 saturated carbocycles. The summed E-state index contributed by atoms with van der Waals surface area (Å²) in [6.45, 7) is 5.26.